The van der Waals surface area contributed by atoms with Gasteiger partial charge in [0.1, 0.15) is 5.01 Å². The summed E-state index contributed by atoms with van der Waals surface area (Å²) in [5.41, 5.74) is 1.51. The molecule has 0 saturated carbocycles. The highest BCUT2D eigenvalue weighted by Gasteiger charge is 2.20. The van der Waals surface area contributed by atoms with E-state index in [2.05, 4.69) is 10.3 Å². The Bertz CT molecular complexity index is 633. The summed E-state index contributed by atoms with van der Waals surface area (Å²) in [6, 6.07) is 7.06. The topological polar surface area (TPSA) is 60.5 Å². The number of benzene rings is 1. The van der Waals surface area contributed by atoms with Gasteiger partial charge in [-0.25, -0.2) is 4.98 Å². The van der Waals surface area contributed by atoms with Crippen LogP contribution < -0.4 is 5.32 Å². The van der Waals surface area contributed by atoms with Crippen LogP contribution in [0.4, 0.5) is 0 Å². The molecule has 2 rings (SSSR count). The molecule has 0 aliphatic rings. The molecular formula is C15H17ClN2O3S. The first-order valence-electron chi connectivity index (χ1n) is 6.62. The summed E-state index contributed by atoms with van der Waals surface area (Å²) in [5, 5.41) is 6.16. The summed E-state index contributed by atoms with van der Waals surface area (Å²) in [7, 11) is 3.11. The first-order valence-corrected chi connectivity index (χ1v) is 7.88. The predicted octanol–water partition coefficient (Wildman–Crippen LogP) is 2.95. The van der Waals surface area contributed by atoms with Crippen molar-refractivity contribution >= 4 is 28.8 Å². The number of hydrogen-bond acceptors (Lipinski definition) is 5. The van der Waals surface area contributed by atoms with Crippen molar-refractivity contribution in [2.24, 2.45) is 0 Å². The second kappa shape index (κ2) is 8.24. The summed E-state index contributed by atoms with van der Waals surface area (Å²) < 4.78 is 10.3. The molecule has 1 unspecified atom stereocenters. The minimum atomic E-state index is -0.698. The van der Waals surface area contributed by atoms with Crippen molar-refractivity contribution in [1.29, 1.82) is 0 Å². The van der Waals surface area contributed by atoms with Gasteiger partial charge in [-0.05, 0) is 17.7 Å². The van der Waals surface area contributed by atoms with Crippen LogP contribution >= 0.6 is 22.9 Å². The van der Waals surface area contributed by atoms with Gasteiger partial charge in [0, 0.05) is 24.6 Å². The van der Waals surface area contributed by atoms with Gasteiger partial charge in [-0.1, -0.05) is 23.7 Å². The highest BCUT2D eigenvalue weighted by molar-refractivity contribution is 7.09. The summed E-state index contributed by atoms with van der Waals surface area (Å²) in [6.07, 6.45) is -0.698. The van der Waals surface area contributed by atoms with Crippen molar-refractivity contribution in [3.05, 3.63) is 50.9 Å². The quantitative estimate of drug-likeness (QED) is 0.841. The van der Waals surface area contributed by atoms with Crippen molar-refractivity contribution in [3.8, 4) is 0 Å². The first-order chi connectivity index (χ1) is 10.6. The van der Waals surface area contributed by atoms with Gasteiger partial charge in [0.25, 0.3) is 5.91 Å². The molecule has 5 nitrogen and oxygen atoms in total. The highest BCUT2D eigenvalue weighted by atomic mass is 35.5. The summed E-state index contributed by atoms with van der Waals surface area (Å²) in [4.78, 5) is 16.6. The second-order valence-electron chi connectivity index (χ2n) is 4.55. The van der Waals surface area contributed by atoms with Crippen LogP contribution in [-0.4, -0.2) is 25.1 Å². The molecule has 0 aliphatic carbocycles. The van der Waals surface area contributed by atoms with E-state index in [0.29, 0.717) is 23.7 Å². The number of nitrogens with zero attached hydrogens (tertiary/aromatic N) is 1. The summed E-state index contributed by atoms with van der Waals surface area (Å²) in [5.74, 6) is -0.231. The van der Waals surface area contributed by atoms with Crippen molar-refractivity contribution in [2.75, 3.05) is 14.2 Å². The SMILES string of the molecule is COCc1nc(CNC(=O)C(OC)c2cccc(Cl)c2)cs1. The molecule has 0 bridgehead atoms. The molecule has 0 spiro atoms. The molecule has 0 aliphatic heterocycles. The van der Waals surface area contributed by atoms with Crippen LogP contribution in [0.5, 0.6) is 0 Å². The first kappa shape index (κ1) is 16.9. The summed E-state index contributed by atoms with van der Waals surface area (Å²) >= 11 is 7.45. The predicted molar refractivity (Wildman–Crippen MR) is 85.9 cm³/mol. The van der Waals surface area contributed by atoms with Crippen LogP contribution in [0.15, 0.2) is 29.6 Å². The van der Waals surface area contributed by atoms with E-state index in [0.717, 1.165) is 10.7 Å². The Morgan fingerprint density at radius 1 is 1.45 bits per heavy atom. The molecule has 0 saturated heterocycles. The van der Waals surface area contributed by atoms with Crippen molar-refractivity contribution in [2.45, 2.75) is 19.3 Å². The molecule has 2 aromatic rings. The van der Waals surface area contributed by atoms with Gasteiger partial charge >= 0.3 is 0 Å². The maximum Gasteiger partial charge on any atom is 0.254 e. The molecule has 118 valence electrons. The molecule has 1 aromatic heterocycles. The fourth-order valence-electron chi connectivity index (χ4n) is 1.95. The number of aromatic nitrogens is 1. The lowest BCUT2D eigenvalue weighted by Crippen LogP contribution is -2.30. The van der Waals surface area contributed by atoms with E-state index in [-0.39, 0.29) is 5.91 Å². The number of rotatable bonds is 7. The van der Waals surface area contributed by atoms with E-state index >= 15 is 0 Å². The van der Waals surface area contributed by atoms with Crippen molar-refractivity contribution < 1.29 is 14.3 Å². The number of halogens is 1. The largest absolute Gasteiger partial charge is 0.378 e. The van der Waals surface area contributed by atoms with E-state index in [1.807, 2.05) is 5.38 Å². The third-order valence-electron chi connectivity index (χ3n) is 2.94. The van der Waals surface area contributed by atoms with Crippen LogP contribution in [0.2, 0.25) is 5.02 Å². The third-order valence-corrected chi connectivity index (χ3v) is 4.04. The number of carbonyl (C=O) groups excluding carboxylic acids is 1. The standard InChI is InChI=1S/C15H17ClN2O3S/c1-20-8-13-18-12(9-22-13)7-17-15(19)14(21-2)10-4-3-5-11(16)6-10/h3-6,9,14H,7-8H2,1-2H3,(H,17,19). The lowest BCUT2D eigenvalue weighted by Gasteiger charge is -2.15. The maximum atomic E-state index is 12.3. The molecule has 1 atom stereocenters. The van der Waals surface area contributed by atoms with Gasteiger partial charge in [0.2, 0.25) is 0 Å². The molecule has 1 N–H and O–H groups in total. The van der Waals surface area contributed by atoms with Gasteiger partial charge in [-0.3, -0.25) is 4.79 Å². The zero-order valence-electron chi connectivity index (χ0n) is 12.3. The lowest BCUT2D eigenvalue weighted by atomic mass is 10.1. The molecule has 22 heavy (non-hydrogen) atoms. The molecule has 1 amide bonds. The Hall–Kier alpha value is -1.47. The monoisotopic (exact) mass is 340 g/mol. The highest BCUT2D eigenvalue weighted by Crippen LogP contribution is 2.21. The number of ether oxygens (including phenoxy) is 2. The van der Waals surface area contributed by atoms with Crippen LogP contribution in [0, 0.1) is 0 Å². The van der Waals surface area contributed by atoms with E-state index in [1.54, 1.807) is 31.4 Å². The Labute approximate surface area is 138 Å². The van der Waals surface area contributed by atoms with Gasteiger partial charge < -0.3 is 14.8 Å². The zero-order valence-corrected chi connectivity index (χ0v) is 13.9. The van der Waals surface area contributed by atoms with Crippen LogP contribution in [-0.2, 0) is 27.4 Å². The Balaban J connectivity index is 1.97. The van der Waals surface area contributed by atoms with Gasteiger partial charge in [-0.15, -0.1) is 11.3 Å². The van der Waals surface area contributed by atoms with Crippen molar-refractivity contribution in [1.82, 2.24) is 10.3 Å². The number of nitrogens with one attached hydrogen (secondary N) is 1. The van der Waals surface area contributed by atoms with E-state index in [9.17, 15) is 4.79 Å². The maximum absolute atomic E-state index is 12.3. The minimum absolute atomic E-state index is 0.231. The van der Waals surface area contributed by atoms with E-state index < -0.39 is 6.10 Å². The van der Waals surface area contributed by atoms with E-state index in [1.165, 1.54) is 18.4 Å². The Kier molecular flexibility index (Phi) is 6.33. The normalized spacial score (nSPS) is 12.1. The molecule has 7 heteroatoms. The lowest BCUT2D eigenvalue weighted by molar-refractivity contribution is -0.131. The molecule has 1 aromatic carbocycles. The smallest absolute Gasteiger partial charge is 0.254 e. The fraction of sp³-hybridized carbons (Fsp3) is 0.333. The minimum Gasteiger partial charge on any atom is -0.378 e. The number of amides is 1. The number of carbonyl (C=O) groups is 1. The number of thiazole rings is 1. The number of hydrogen-bond donors (Lipinski definition) is 1. The van der Waals surface area contributed by atoms with Crippen LogP contribution in [0.3, 0.4) is 0 Å². The zero-order chi connectivity index (χ0) is 15.9. The molecule has 1 heterocycles. The molecule has 0 fully saturated rings. The van der Waals surface area contributed by atoms with E-state index in [4.69, 9.17) is 21.1 Å². The molecular weight excluding hydrogens is 324 g/mol. The van der Waals surface area contributed by atoms with Gasteiger partial charge in [0.05, 0.1) is 18.8 Å². The Morgan fingerprint density at radius 2 is 2.27 bits per heavy atom. The summed E-state index contributed by atoms with van der Waals surface area (Å²) in [6.45, 7) is 0.821. The molecule has 0 radical (unpaired) electrons. The van der Waals surface area contributed by atoms with Crippen LogP contribution in [0.1, 0.15) is 22.4 Å². The number of methoxy groups -OCH3 is 2. The third kappa shape index (κ3) is 4.51. The van der Waals surface area contributed by atoms with Gasteiger partial charge in [0.15, 0.2) is 6.10 Å². The Morgan fingerprint density at radius 3 is 2.95 bits per heavy atom. The fourth-order valence-corrected chi connectivity index (χ4v) is 2.92. The van der Waals surface area contributed by atoms with Crippen LogP contribution in [0.25, 0.3) is 0 Å². The second-order valence-corrected chi connectivity index (χ2v) is 5.93. The average molecular weight is 341 g/mol. The van der Waals surface area contributed by atoms with Gasteiger partial charge in [-0.2, -0.15) is 0 Å². The average Bonchev–Trinajstić information content (AvgIpc) is 2.94. The van der Waals surface area contributed by atoms with Crippen molar-refractivity contribution in [3.63, 3.8) is 0 Å².